The van der Waals surface area contributed by atoms with Crippen LogP contribution < -0.4 is 5.73 Å². The van der Waals surface area contributed by atoms with Crippen LogP contribution >= 0.6 is 0 Å². The number of fused-ring (bicyclic) bond motifs is 3. The number of nitrogens with two attached hydrogens (primary N) is 1. The Labute approximate surface area is 192 Å². The Hall–Kier alpha value is -3.96. The molecule has 2 bridgehead atoms. The first-order valence-electron chi connectivity index (χ1n) is 10.8. The van der Waals surface area contributed by atoms with Crippen molar-refractivity contribution < 1.29 is 18.7 Å². The van der Waals surface area contributed by atoms with Gasteiger partial charge < -0.3 is 10.8 Å². The molecule has 10 nitrogen and oxygen atoms in total. The summed E-state index contributed by atoms with van der Waals surface area (Å²) in [5.41, 5.74) is 6.70. The molecule has 0 radical (unpaired) electrons. The van der Waals surface area contributed by atoms with Crippen LogP contribution in [0.3, 0.4) is 0 Å². The number of aryl methyl sites for hydroxylation is 1. The Bertz CT molecular complexity index is 1380. The van der Waals surface area contributed by atoms with Gasteiger partial charge in [-0.25, -0.2) is 23.7 Å². The number of H-pyrrole nitrogens is 1. The molecule has 0 amide bonds. The zero-order valence-corrected chi connectivity index (χ0v) is 18.2. The van der Waals surface area contributed by atoms with Crippen LogP contribution in [0.15, 0.2) is 24.7 Å². The molecule has 4 N–H and O–H groups in total. The highest BCUT2D eigenvalue weighted by atomic mass is 19.1. The average molecular weight is 468 g/mol. The van der Waals surface area contributed by atoms with Crippen LogP contribution in [0.1, 0.15) is 25.7 Å². The molecular formula is C22H22F2N8O2. The van der Waals surface area contributed by atoms with E-state index in [-0.39, 0.29) is 23.3 Å². The lowest BCUT2D eigenvalue weighted by atomic mass is 9.89. The zero-order chi connectivity index (χ0) is 24.0. The molecular weight excluding hydrogens is 446 g/mol. The van der Waals surface area contributed by atoms with Gasteiger partial charge in [0.1, 0.15) is 17.2 Å². The van der Waals surface area contributed by atoms with Gasteiger partial charge in [0.25, 0.3) is 0 Å². The Balaban J connectivity index is 0.000000200. The molecule has 34 heavy (non-hydrogen) atoms. The number of rotatable bonds is 3. The molecule has 12 heteroatoms. The fourth-order valence-electron chi connectivity index (χ4n) is 4.90. The fourth-order valence-corrected chi connectivity index (χ4v) is 4.90. The van der Waals surface area contributed by atoms with Gasteiger partial charge >= 0.3 is 5.97 Å². The summed E-state index contributed by atoms with van der Waals surface area (Å²) in [5, 5.41) is 19.7. The molecule has 2 fully saturated rings. The summed E-state index contributed by atoms with van der Waals surface area (Å²) in [4.78, 5) is 22.6. The second-order valence-electron chi connectivity index (χ2n) is 8.74. The van der Waals surface area contributed by atoms with Crippen LogP contribution in [0, 0.1) is 29.4 Å². The molecule has 3 unspecified atom stereocenters. The van der Waals surface area contributed by atoms with Crippen LogP contribution in [0.4, 0.5) is 14.6 Å². The molecule has 0 aliphatic heterocycles. The molecule has 2 aliphatic carbocycles. The highest BCUT2D eigenvalue weighted by Crippen LogP contribution is 2.48. The molecule has 4 aromatic rings. The van der Waals surface area contributed by atoms with Crippen LogP contribution in [0.5, 0.6) is 0 Å². The minimum Gasteiger partial charge on any atom is -0.481 e. The van der Waals surface area contributed by atoms with E-state index in [4.69, 9.17) is 10.8 Å². The maximum Gasteiger partial charge on any atom is 0.306 e. The van der Waals surface area contributed by atoms with Gasteiger partial charge in [-0.1, -0.05) is 6.42 Å². The first-order chi connectivity index (χ1) is 16.3. The van der Waals surface area contributed by atoms with Crippen molar-refractivity contribution in [3.05, 3.63) is 36.3 Å². The van der Waals surface area contributed by atoms with E-state index in [2.05, 4.69) is 30.2 Å². The number of nitrogens with one attached hydrogen (secondary N) is 1. The molecule has 0 saturated heterocycles. The second kappa shape index (κ2) is 8.43. The number of hydrogen-bond donors (Lipinski definition) is 3. The lowest BCUT2D eigenvalue weighted by molar-refractivity contribution is -0.143. The molecule has 4 aromatic heterocycles. The van der Waals surface area contributed by atoms with Crippen LogP contribution in [-0.4, -0.2) is 46.0 Å². The fraction of sp³-hybridized carbons (Fsp3) is 0.364. The number of anilines is 1. The van der Waals surface area contributed by atoms with Crippen molar-refractivity contribution in [3.8, 4) is 22.8 Å². The van der Waals surface area contributed by atoms with E-state index in [0.717, 1.165) is 18.5 Å². The third kappa shape index (κ3) is 3.95. The van der Waals surface area contributed by atoms with Crippen molar-refractivity contribution in [1.29, 1.82) is 0 Å². The number of nitrogen functional groups attached to an aromatic ring is 1. The number of hydrogen-bond acceptors (Lipinski definition) is 7. The Morgan fingerprint density at radius 2 is 2.06 bits per heavy atom. The predicted octanol–water partition coefficient (Wildman–Crippen LogP) is 3.18. The number of aliphatic carboxylic acids is 1. The Morgan fingerprint density at radius 1 is 1.24 bits per heavy atom. The number of carbonyl (C=O) groups is 1. The number of nitrogens with zero attached hydrogens (tertiary/aromatic N) is 6. The normalized spacial score (nSPS) is 21.0. The summed E-state index contributed by atoms with van der Waals surface area (Å²) in [5.74, 6) is -0.791. The summed E-state index contributed by atoms with van der Waals surface area (Å²) in [7, 11) is 1.70. The molecule has 2 aliphatic rings. The van der Waals surface area contributed by atoms with E-state index in [1.165, 1.54) is 36.2 Å². The van der Waals surface area contributed by atoms with Crippen molar-refractivity contribution in [3.63, 3.8) is 0 Å². The molecule has 4 heterocycles. The summed E-state index contributed by atoms with van der Waals surface area (Å²) < 4.78 is 29.3. The standard InChI is InChI=1S/C14H10F2N8.C8H12O2/c1-24-5-6(3-19-24)10-9(16)12(17)21-14(20-10)11-8-2-7(15)4-18-13(8)23-22-11;9-8(10)7-4-5-1-2-6(7)3-5/h2-5H,1H3,(H2,17,20,21)(H,18,22,23);5-7H,1-4H2,(H,9,10). The van der Waals surface area contributed by atoms with Gasteiger partial charge in [0.15, 0.2) is 23.1 Å². The first kappa shape index (κ1) is 21.9. The van der Waals surface area contributed by atoms with Crippen molar-refractivity contribution in [2.24, 2.45) is 24.8 Å². The smallest absolute Gasteiger partial charge is 0.306 e. The van der Waals surface area contributed by atoms with Gasteiger partial charge in [0, 0.05) is 18.8 Å². The van der Waals surface area contributed by atoms with Crippen LogP contribution in [0.2, 0.25) is 0 Å². The van der Waals surface area contributed by atoms with E-state index >= 15 is 0 Å². The van der Waals surface area contributed by atoms with Gasteiger partial charge in [-0.05, 0) is 37.2 Å². The third-order valence-electron chi connectivity index (χ3n) is 6.51. The maximum absolute atomic E-state index is 14.3. The highest BCUT2D eigenvalue weighted by Gasteiger charge is 2.43. The van der Waals surface area contributed by atoms with Crippen LogP contribution in [0.25, 0.3) is 33.8 Å². The van der Waals surface area contributed by atoms with Crippen molar-refractivity contribution in [2.45, 2.75) is 25.7 Å². The molecule has 2 saturated carbocycles. The van der Waals surface area contributed by atoms with E-state index in [9.17, 15) is 13.6 Å². The Kier molecular flexibility index (Phi) is 5.42. The third-order valence-corrected chi connectivity index (χ3v) is 6.51. The van der Waals surface area contributed by atoms with Gasteiger partial charge in [0.05, 0.1) is 23.7 Å². The summed E-state index contributed by atoms with van der Waals surface area (Å²) in [6.07, 6.45) is 8.71. The summed E-state index contributed by atoms with van der Waals surface area (Å²) in [6.45, 7) is 0. The number of carboxylic acid groups (broad SMARTS) is 1. The lowest BCUT2D eigenvalue weighted by Crippen LogP contribution is -2.19. The predicted molar refractivity (Wildman–Crippen MR) is 118 cm³/mol. The number of pyridine rings is 1. The average Bonchev–Trinajstić information content (AvgIpc) is 3.60. The van der Waals surface area contributed by atoms with Gasteiger partial charge in [-0.15, -0.1) is 0 Å². The van der Waals surface area contributed by atoms with Crippen molar-refractivity contribution in [2.75, 3.05) is 5.73 Å². The van der Waals surface area contributed by atoms with E-state index in [1.807, 2.05) is 0 Å². The SMILES string of the molecule is Cn1cc(-c2nc(-c3[nH]nc4ncc(F)cc34)nc(N)c2F)cn1.O=C(O)C1CC2CCC1C2. The largest absolute Gasteiger partial charge is 0.481 e. The lowest BCUT2D eigenvalue weighted by Gasteiger charge is -2.16. The zero-order valence-electron chi connectivity index (χ0n) is 18.2. The van der Waals surface area contributed by atoms with Gasteiger partial charge in [-0.2, -0.15) is 10.2 Å². The monoisotopic (exact) mass is 468 g/mol. The molecule has 0 aromatic carbocycles. The Morgan fingerprint density at radius 3 is 2.68 bits per heavy atom. The van der Waals surface area contributed by atoms with Gasteiger partial charge in [-0.3, -0.25) is 14.6 Å². The number of aromatic nitrogens is 7. The highest BCUT2D eigenvalue weighted by molar-refractivity contribution is 5.89. The number of aromatic amines is 1. The molecule has 0 spiro atoms. The molecule has 6 rings (SSSR count). The van der Waals surface area contributed by atoms with E-state index < -0.39 is 17.6 Å². The molecule has 3 atom stereocenters. The maximum atomic E-state index is 14.3. The minimum absolute atomic E-state index is 0.00212. The topological polar surface area (TPSA) is 148 Å². The van der Waals surface area contributed by atoms with E-state index in [1.54, 1.807) is 13.2 Å². The number of carboxylic acids is 1. The van der Waals surface area contributed by atoms with Crippen molar-refractivity contribution in [1.82, 2.24) is 34.9 Å². The molecule has 176 valence electrons. The van der Waals surface area contributed by atoms with Crippen molar-refractivity contribution >= 4 is 22.8 Å². The second-order valence-corrected chi connectivity index (χ2v) is 8.74. The summed E-state index contributed by atoms with van der Waals surface area (Å²) >= 11 is 0. The quantitative estimate of drug-likeness (QED) is 0.415. The minimum atomic E-state index is -0.750. The summed E-state index contributed by atoms with van der Waals surface area (Å²) in [6, 6.07) is 1.24. The van der Waals surface area contributed by atoms with Crippen LogP contribution in [-0.2, 0) is 11.8 Å². The van der Waals surface area contributed by atoms with Gasteiger partial charge in [0.2, 0.25) is 0 Å². The van der Waals surface area contributed by atoms with E-state index in [0.29, 0.717) is 28.2 Å². The first-order valence-corrected chi connectivity index (χ1v) is 10.8. The number of halogens is 2.